The maximum Gasteiger partial charge on any atom is 3.00 e. The van der Waals surface area contributed by atoms with Crippen LogP contribution in [0.25, 0.3) is 22.8 Å². The van der Waals surface area contributed by atoms with Crippen molar-refractivity contribution in [2.75, 3.05) is 13.1 Å². The molecule has 0 spiro atoms. The first-order valence-corrected chi connectivity index (χ1v) is 15.0. The van der Waals surface area contributed by atoms with Crippen molar-refractivity contribution < 1.29 is 84.7 Å². The Kier molecular flexibility index (Phi) is 17.6. The topological polar surface area (TPSA) is 209 Å². The first-order valence-electron chi connectivity index (χ1n) is 13.0. The van der Waals surface area contributed by atoms with Crippen LogP contribution in [0.3, 0.4) is 0 Å². The molecule has 0 fully saturated rings. The van der Waals surface area contributed by atoms with Crippen LogP contribution < -0.4 is 0 Å². The molecule has 0 aliphatic rings. The third-order valence-electron chi connectivity index (χ3n) is 4.88. The van der Waals surface area contributed by atoms with Gasteiger partial charge < -0.3 is 30.6 Å². The van der Waals surface area contributed by atoms with Crippen LogP contribution in [0, 0.1) is 85.4 Å². The summed E-state index contributed by atoms with van der Waals surface area (Å²) in [5, 5.41) is 29.5. The third-order valence-corrected chi connectivity index (χ3v) is 4.88. The molecule has 49 heavy (non-hydrogen) atoms. The van der Waals surface area contributed by atoms with E-state index in [-0.39, 0.29) is 54.8 Å². The molecule has 4 rings (SSSR count). The molecule has 0 aromatic carbocycles. The molecule has 0 saturated heterocycles. The first-order chi connectivity index (χ1) is 22.0. The van der Waals surface area contributed by atoms with Gasteiger partial charge in [-0.15, -0.1) is 0 Å². The average molecular weight is 855 g/mol. The molecule has 0 aliphatic heterocycles. The summed E-state index contributed by atoms with van der Waals surface area (Å²) in [5.41, 5.74) is 4.91. The molecule has 0 unspecified atom stereocenters. The summed E-state index contributed by atoms with van der Waals surface area (Å²) in [7, 11) is -10.7. The predicted octanol–water partition coefficient (Wildman–Crippen LogP) is 8.07. The maximum absolute atomic E-state index is 10.7. The molecule has 0 saturated carbocycles. The van der Waals surface area contributed by atoms with Gasteiger partial charge in [0.1, 0.15) is 0 Å². The van der Waals surface area contributed by atoms with Gasteiger partial charge in [-0.1, -0.05) is 38.1 Å². The number of halogens is 6. The molecule has 264 valence electrons. The van der Waals surface area contributed by atoms with Crippen LogP contribution in [-0.4, -0.2) is 55.6 Å². The Balaban J connectivity index is 0.00000121. The Bertz CT molecular complexity index is 1560. The van der Waals surface area contributed by atoms with Gasteiger partial charge in [-0.25, -0.2) is 9.97 Å². The number of pyridine rings is 4. The molecule has 22 heteroatoms. The number of aromatic nitrogens is 4. The molecule has 4 aromatic rings. The first kappa shape index (κ1) is 44.9. The molecule has 0 atom stereocenters. The zero-order valence-electron chi connectivity index (χ0n) is 25.3. The number of aliphatic imine (C=N–C) groups is 2. The summed E-state index contributed by atoms with van der Waals surface area (Å²) < 4.78 is 59.2. The van der Waals surface area contributed by atoms with Gasteiger partial charge in [0, 0.05) is 43.3 Å². The molecule has 4 heterocycles. The molecule has 0 amide bonds. The second kappa shape index (κ2) is 19.2. The van der Waals surface area contributed by atoms with Gasteiger partial charge in [0.15, 0.2) is 0 Å². The van der Waals surface area contributed by atoms with E-state index in [0.717, 1.165) is 34.2 Å². The number of hydrogen-bond donors (Lipinski definition) is 0. The van der Waals surface area contributed by atoms with Gasteiger partial charge in [-0.3, -0.25) is 20.0 Å². The summed E-state index contributed by atoms with van der Waals surface area (Å²) in [6.45, 7) is 5.58. The van der Waals surface area contributed by atoms with Gasteiger partial charge >= 0.3 is 82.4 Å². The minimum Gasteiger partial charge on any atom is -0.356 e. The van der Waals surface area contributed by atoms with Crippen molar-refractivity contribution in [3.63, 3.8) is 0 Å². The van der Waals surface area contributed by atoms with Crippen LogP contribution in [0.1, 0.15) is 25.2 Å². The SMILES string of the molecule is CC(C)(CN=Cc1cccc(-c2ccccn2)n1)CN=Cc1cccc(-c2ccccn2)n1.F[P-](F)(F)(F)(F)F.O=[N+]([O-])[O-].O=[N+]([O-])[O-].[Eu+3]. The van der Waals surface area contributed by atoms with Crippen LogP contribution in [0.4, 0.5) is 25.2 Å². The third kappa shape index (κ3) is 26.6. The van der Waals surface area contributed by atoms with Gasteiger partial charge in [0.2, 0.25) is 0 Å². The fraction of sp³-hybridized carbons (Fsp3) is 0.185. The van der Waals surface area contributed by atoms with Crippen LogP contribution in [0.5, 0.6) is 0 Å². The second-order valence-corrected chi connectivity index (χ2v) is 11.8. The van der Waals surface area contributed by atoms with E-state index in [1.807, 2.05) is 85.2 Å². The van der Waals surface area contributed by atoms with Crippen molar-refractivity contribution in [2.24, 2.45) is 15.4 Å². The van der Waals surface area contributed by atoms with E-state index < -0.39 is 18.0 Å². The molecule has 14 nitrogen and oxygen atoms in total. The van der Waals surface area contributed by atoms with Crippen molar-refractivity contribution in [3.05, 3.63) is 127 Å². The van der Waals surface area contributed by atoms with E-state index in [9.17, 15) is 25.2 Å². The number of rotatable bonds is 8. The zero-order valence-corrected chi connectivity index (χ0v) is 28.6. The number of hydrogen-bond acceptors (Lipinski definition) is 12. The summed E-state index contributed by atoms with van der Waals surface area (Å²) >= 11 is 0. The molecule has 0 radical (unpaired) electrons. The van der Waals surface area contributed by atoms with Crippen molar-refractivity contribution in [1.82, 2.24) is 19.9 Å². The monoisotopic (exact) mass is 856 g/mol. The van der Waals surface area contributed by atoms with Crippen molar-refractivity contribution in [3.8, 4) is 22.8 Å². The van der Waals surface area contributed by atoms with Crippen LogP contribution >= 0.6 is 7.81 Å². The van der Waals surface area contributed by atoms with E-state index >= 15 is 0 Å². The Morgan fingerprint density at radius 2 is 0.939 bits per heavy atom. The van der Waals surface area contributed by atoms with Crippen molar-refractivity contribution in [2.45, 2.75) is 13.8 Å². The largest absolute Gasteiger partial charge is 3.00 e. The van der Waals surface area contributed by atoms with E-state index in [1.165, 1.54) is 0 Å². The quantitative estimate of drug-likeness (QED) is 0.0547. The second-order valence-electron chi connectivity index (χ2n) is 9.83. The summed E-state index contributed by atoms with van der Waals surface area (Å²) in [6.07, 6.45) is 7.17. The van der Waals surface area contributed by atoms with Crippen molar-refractivity contribution in [1.29, 1.82) is 0 Å². The normalized spacial score (nSPS) is 12.3. The molecule has 0 N–H and O–H groups in total. The molecular formula is C27H26EuF6N8O6P. The summed E-state index contributed by atoms with van der Waals surface area (Å²) in [4.78, 5) is 43.7. The van der Waals surface area contributed by atoms with Gasteiger partial charge in [-0.05, 0) is 48.5 Å². The van der Waals surface area contributed by atoms with E-state index in [2.05, 4.69) is 43.8 Å². The Morgan fingerprint density at radius 3 is 1.22 bits per heavy atom. The van der Waals surface area contributed by atoms with Crippen LogP contribution in [0.2, 0.25) is 0 Å². The summed E-state index contributed by atoms with van der Waals surface area (Å²) in [6, 6.07) is 23.3. The Labute approximate surface area is 315 Å². The Morgan fingerprint density at radius 1 is 0.633 bits per heavy atom. The fourth-order valence-corrected chi connectivity index (χ4v) is 3.18. The van der Waals surface area contributed by atoms with Crippen LogP contribution in [-0.2, 0) is 0 Å². The number of nitrogens with zero attached hydrogens (tertiary/aromatic N) is 8. The Hall–Kier alpha value is -4.07. The minimum absolute atomic E-state index is 0. The molecule has 0 aliphatic carbocycles. The minimum atomic E-state index is -10.7. The van der Waals surface area contributed by atoms with Crippen LogP contribution in [0.15, 0.2) is 95.2 Å². The predicted molar refractivity (Wildman–Crippen MR) is 168 cm³/mol. The van der Waals surface area contributed by atoms with E-state index in [1.54, 1.807) is 12.4 Å². The average Bonchev–Trinajstić information content (AvgIpc) is 2.96. The van der Waals surface area contributed by atoms with Gasteiger partial charge in [0.05, 0.1) is 44.3 Å². The molecule has 0 bridgehead atoms. The van der Waals surface area contributed by atoms with Gasteiger partial charge in [0.25, 0.3) is 0 Å². The summed E-state index contributed by atoms with van der Waals surface area (Å²) in [5.74, 6) is 0. The molecule has 4 aromatic heterocycles. The van der Waals surface area contributed by atoms with Gasteiger partial charge in [-0.2, -0.15) is 0 Å². The maximum atomic E-state index is 9.87. The molecular weight excluding hydrogens is 829 g/mol. The zero-order chi connectivity index (χ0) is 36.5. The smallest absolute Gasteiger partial charge is 0.356 e. The fourth-order valence-electron chi connectivity index (χ4n) is 3.18. The van der Waals surface area contributed by atoms with Crippen molar-refractivity contribution >= 4 is 20.2 Å². The van der Waals surface area contributed by atoms with E-state index in [0.29, 0.717) is 13.1 Å². The standard InChI is InChI=1S/C27H26N6.Eu.F6P.2NO3/c1-27(2,19-28-17-21-9-7-13-25(32-21)23-11-3-5-15-30-23)20-29-18-22-10-8-14-26(33-22)24-12-4-6-16-31-24;;1-7(2,3,4,5)6;2*2-1(3)4/h3-18H,19-20H2,1-2H3;;;;/q;+3;3*-1. The van der Waals surface area contributed by atoms with E-state index in [4.69, 9.17) is 30.6 Å².